The Morgan fingerprint density at radius 1 is 1.14 bits per heavy atom. The zero-order valence-corrected chi connectivity index (χ0v) is 13.6. The molecule has 2 rings (SSSR count). The lowest BCUT2D eigenvalue weighted by Crippen LogP contribution is -2.56. The van der Waals surface area contributed by atoms with Crippen LogP contribution in [0.1, 0.15) is 26.3 Å². The van der Waals surface area contributed by atoms with E-state index in [9.17, 15) is 4.79 Å². The molecule has 0 unspecified atom stereocenters. The molecule has 0 aromatic heterocycles. The summed E-state index contributed by atoms with van der Waals surface area (Å²) in [4.78, 5) is 16.7. The highest BCUT2D eigenvalue weighted by Crippen LogP contribution is 2.23. The average Bonchev–Trinajstić information content (AvgIpc) is 2.45. The van der Waals surface area contributed by atoms with Crippen molar-refractivity contribution in [2.45, 2.75) is 33.7 Å². The van der Waals surface area contributed by atoms with Crippen LogP contribution in [0.15, 0.2) is 24.3 Å². The highest BCUT2D eigenvalue weighted by molar-refractivity contribution is 5.82. The first-order valence-electron chi connectivity index (χ1n) is 7.65. The minimum Gasteiger partial charge on any atom is -0.368 e. The number of anilines is 1. The van der Waals surface area contributed by atoms with Crippen molar-refractivity contribution in [1.29, 1.82) is 0 Å². The van der Waals surface area contributed by atoms with E-state index in [2.05, 4.69) is 36.1 Å². The predicted octanol–water partition coefficient (Wildman–Crippen LogP) is 2.02. The van der Waals surface area contributed by atoms with Crippen molar-refractivity contribution in [2.24, 2.45) is 11.1 Å². The van der Waals surface area contributed by atoms with Gasteiger partial charge in [0.2, 0.25) is 5.91 Å². The topological polar surface area (TPSA) is 49.6 Å². The summed E-state index contributed by atoms with van der Waals surface area (Å²) >= 11 is 0. The summed E-state index contributed by atoms with van der Waals surface area (Å²) in [5.41, 5.74) is 8.45. The molecule has 21 heavy (non-hydrogen) atoms. The molecule has 1 atom stereocenters. The molecule has 0 saturated carbocycles. The Hall–Kier alpha value is -1.55. The molecule has 4 heteroatoms. The van der Waals surface area contributed by atoms with Crippen LogP contribution in [0, 0.1) is 12.3 Å². The molecule has 0 radical (unpaired) electrons. The minimum atomic E-state index is -0.428. The van der Waals surface area contributed by atoms with Crippen LogP contribution in [0.4, 0.5) is 5.69 Å². The molecule has 1 fully saturated rings. The molecule has 1 amide bonds. The number of hydrogen-bond acceptors (Lipinski definition) is 3. The van der Waals surface area contributed by atoms with Crippen LogP contribution < -0.4 is 10.6 Å². The van der Waals surface area contributed by atoms with E-state index in [-0.39, 0.29) is 11.3 Å². The van der Waals surface area contributed by atoms with Gasteiger partial charge in [-0.2, -0.15) is 0 Å². The molecule has 4 nitrogen and oxygen atoms in total. The van der Waals surface area contributed by atoms with Crippen LogP contribution in [0.3, 0.4) is 0 Å². The zero-order valence-electron chi connectivity index (χ0n) is 13.6. The van der Waals surface area contributed by atoms with Crippen molar-refractivity contribution in [3.8, 4) is 0 Å². The van der Waals surface area contributed by atoms with Crippen LogP contribution >= 0.6 is 0 Å². The van der Waals surface area contributed by atoms with Gasteiger partial charge in [0.25, 0.3) is 0 Å². The molecule has 1 saturated heterocycles. The number of hydrogen-bond donors (Lipinski definition) is 1. The molecule has 0 spiro atoms. The van der Waals surface area contributed by atoms with Gasteiger partial charge >= 0.3 is 0 Å². The summed E-state index contributed by atoms with van der Waals surface area (Å²) in [6, 6.07) is 7.97. The Balaban J connectivity index is 1.98. The smallest absolute Gasteiger partial charge is 0.240 e. The fourth-order valence-electron chi connectivity index (χ4n) is 2.65. The Labute approximate surface area is 127 Å². The standard InChI is InChI=1S/C17H27N3O/c1-13-7-5-6-8-14(13)19-9-11-20(12-10-19)16(21)15(18)17(2,3)4/h5-8,15H,9-12,18H2,1-4H3/t15-/m1/s1. The highest BCUT2D eigenvalue weighted by atomic mass is 16.2. The minimum absolute atomic E-state index is 0.0759. The van der Waals surface area contributed by atoms with E-state index in [4.69, 9.17) is 5.73 Å². The molecule has 1 heterocycles. The van der Waals surface area contributed by atoms with E-state index in [1.54, 1.807) is 0 Å². The van der Waals surface area contributed by atoms with Crippen LogP contribution in [-0.2, 0) is 4.79 Å². The van der Waals surface area contributed by atoms with Gasteiger partial charge in [-0.05, 0) is 24.0 Å². The van der Waals surface area contributed by atoms with E-state index >= 15 is 0 Å². The van der Waals surface area contributed by atoms with Crippen molar-refractivity contribution >= 4 is 11.6 Å². The largest absolute Gasteiger partial charge is 0.368 e. The summed E-state index contributed by atoms with van der Waals surface area (Å²) in [6.07, 6.45) is 0. The lowest BCUT2D eigenvalue weighted by molar-refractivity contribution is -0.135. The van der Waals surface area contributed by atoms with Crippen molar-refractivity contribution in [1.82, 2.24) is 4.90 Å². The van der Waals surface area contributed by atoms with Crippen molar-refractivity contribution in [3.63, 3.8) is 0 Å². The van der Waals surface area contributed by atoms with Crippen molar-refractivity contribution in [3.05, 3.63) is 29.8 Å². The first-order valence-corrected chi connectivity index (χ1v) is 7.65. The van der Waals surface area contributed by atoms with Gasteiger partial charge in [-0.25, -0.2) is 0 Å². The van der Waals surface area contributed by atoms with Crippen molar-refractivity contribution < 1.29 is 4.79 Å². The number of nitrogens with two attached hydrogens (primary N) is 1. The number of para-hydroxylation sites is 1. The second-order valence-corrected chi connectivity index (χ2v) is 6.94. The van der Waals surface area contributed by atoms with E-state index in [0.717, 1.165) is 26.2 Å². The number of carbonyl (C=O) groups is 1. The van der Waals surface area contributed by atoms with Gasteiger partial charge in [0.1, 0.15) is 0 Å². The lowest BCUT2D eigenvalue weighted by atomic mass is 9.86. The Morgan fingerprint density at radius 2 is 1.71 bits per heavy atom. The number of benzene rings is 1. The molecule has 1 aliphatic rings. The predicted molar refractivity (Wildman–Crippen MR) is 87.4 cm³/mol. The second kappa shape index (κ2) is 6.06. The molecule has 116 valence electrons. The molecule has 1 aliphatic heterocycles. The molecule has 2 N–H and O–H groups in total. The maximum atomic E-state index is 12.4. The quantitative estimate of drug-likeness (QED) is 0.906. The second-order valence-electron chi connectivity index (χ2n) is 6.94. The van der Waals surface area contributed by atoms with Gasteiger partial charge in [-0.3, -0.25) is 4.79 Å². The SMILES string of the molecule is Cc1ccccc1N1CCN(C(=O)[C@@H](N)C(C)(C)C)CC1. The van der Waals surface area contributed by atoms with Gasteiger partial charge in [0.15, 0.2) is 0 Å². The highest BCUT2D eigenvalue weighted by Gasteiger charge is 2.32. The van der Waals surface area contributed by atoms with Gasteiger partial charge < -0.3 is 15.5 Å². The van der Waals surface area contributed by atoms with Crippen LogP contribution in [0.25, 0.3) is 0 Å². The third-order valence-corrected chi connectivity index (χ3v) is 4.25. The van der Waals surface area contributed by atoms with E-state index < -0.39 is 6.04 Å². The zero-order chi connectivity index (χ0) is 15.6. The molecule has 0 bridgehead atoms. The third kappa shape index (κ3) is 3.56. The monoisotopic (exact) mass is 289 g/mol. The van der Waals surface area contributed by atoms with E-state index in [0.29, 0.717) is 0 Å². The van der Waals surface area contributed by atoms with E-state index in [1.807, 2.05) is 25.7 Å². The first-order chi connectivity index (χ1) is 9.80. The number of nitrogens with zero attached hydrogens (tertiary/aromatic N) is 2. The van der Waals surface area contributed by atoms with Crippen LogP contribution in [0.2, 0.25) is 0 Å². The summed E-state index contributed by atoms with van der Waals surface area (Å²) in [5.74, 6) is 0.0759. The van der Waals surface area contributed by atoms with Gasteiger partial charge in [-0.1, -0.05) is 39.0 Å². The fourth-order valence-corrected chi connectivity index (χ4v) is 2.65. The number of rotatable bonds is 2. The van der Waals surface area contributed by atoms with E-state index in [1.165, 1.54) is 11.3 Å². The summed E-state index contributed by atoms with van der Waals surface area (Å²) in [5, 5.41) is 0. The number of amides is 1. The maximum Gasteiger partial charge on any atom is 0.240 e. The molecular weight excluding hydrogens is 262 g/mol. The Kier molecular flexibility index (Phi) is 4.57. The summed E-state index contributed by atoms with van der Waals surface area (Å²) in [7, 11) is 0. The fraction of sp³-hybridized carbons (Fsp3) is 0.588. The molecule has 0 aliphatic carbocycles. The molecule has 1 aromatic carbocycles. The van der Waals surface area contributed by atoms with Crippen LogP contribution in [0.5, 0.6) is 0 Å². The third-order valence-electron chi connectivity index (χ3n) is 4.25. The molecule has 1 aromatic rings. The number of piperazine rings is 1. The van der Waals surface area contributed by atoms with Gasteiger partial charge in [-0.15, -0.1) is 0 Å². The lowest BCUT2D eigenvalue weighted by Gasteiger charge is -2.39. The first kappa shape index (κ1) is 15.8. The Bertz CT molecular complexity index is 499. The number of carbonyl (C=O) groups excluding carboxylic acids is 1. The maximum absolute atomic E-state index is 12.4. The molecular formula is C17H27N3O. The van der Waals surface area contributed by atoms with Crippen molar-refractivity contribution in [2.75, 3.05) is 31.1 Å². The Morgan fingerprint density at radius 3 is 2.24 bits per heavy atom. The summed E-state index contributed by atoms with van der Waals surface area (Å²) < 4.78 is 0. The van der Waals surface area contributed by atoms with Gasteiger partial charge in [0.05, 0.1) is 6.04 Å². The average molecular weight is 289 g/mol. The van der Waals surface area contributed by atoms with Crippen LogP contribution in [-0.4, -0.2) is 43.0 Å². The summed E-state index contributed by atoms with van der Waals surface area (Å²) in [6.45, 7) is 11.4. The normalized spacial score (nSPS) is 17.8. The number of aryl methyl sites for hydroxylation is 1. The van der Waals surface area contributed by atoms with Gasteiger partial charge in [0, 0.05) is 31.9 Å².